The van der Waals surface area contributed by atoms with Crippen LogP contribution in [0.25, 0.3) is 22.4 Å². The maximum absolute atomic E-state index is 6.38. The molecule has 0 bridgehead atoms. The minimum absolute atomic E-state index is 0.474. The van der Waals surface area contributed by atoms with Crippen LogP contribution in [0, 0.1) is 20.8 Å². The van der Waals surface area contributed by atoms with E-state index in [0.717, 1.165) is 29.0 Å². The minimum atomic E-state index is 0.474. The van der Waals surface area contributed by atoms with E-state index >= 15 is 0 Å². The summed E-state index contributed by atoms with van der Waals surface area (Å²) in [5.41, 5.74) is 7.93. The summed E-state index contributed by atoms with van der Waals surface area (Å²) < 4.78 is 2.23. The number of benzene rings is 2. The molecule has 0 saturated carbocycles. The smallest absolute Gasteiger partial charge is 0.144 e. The third-order valence-corrected chi connectivity index (χ3v) is 5.13. The van der Waals surface area contributed by atoms with E-state index in [4.69, 9.17) is 16.6 Å². The quantitative estimate of drug-likeness (QED) is 0.436. The van der Waals surface area contributed by atoms with E-state index in [1.165, 1.54) is 22.3 Å². The summed E-state index contributed by atoms with van der Waals surface area (Å²) in [6, 6.07) is 16.8. The van der Waals surface area contributed by atoms with Crippen LogP contribution in [0.3, 0.4) is 0 Å². The fourth-order valence-corrected chi connectivity index (χ4v) is 3.38. The predicted octanol–water partition coefficient (Wildman–Crippen LogP) is 5.73. The Morgan fingerprint density at radius 1 is 0.962 bits per heavy atom. The van der Waals surface area contributed by atoms with Gasteiger partial charge in [0.1, 0.15) is 11.0 Å². The van der Waals surface area contributed by atoms with Crippen LogP contribution in [0.15, 0.2) is 54.7 Å². The molecular weight excluding hydrogens is 342 g/mol. The summed E-state index contributed by atoms with van der Waals surface area (Å²) in [7, 11) is 0. The van der Waals surface area contributed by atoms with Crippen LogP contribution in [0.4, 0.5) is 0 Å². The topological polar surface area (TPSA) is 30.7 Å². The molecule has 4 heteroatoms. The number of aryl methyl sites for hydroxylation is 3. The number of halogens is 1. The number of hydrogen-bond donors (Lipinski definition) is 0. The van der Waals surface area contributed by atoms with E-state index in [1.807, 2.05) is 12.1 Å². The molecule has 2 aromatic carbocycles. The van der Waals surface area contributed by atoms with E-state index in [0.29, 0.717) is 5.15 Å². The van der Waals surface area contributed by atoms with Crippen molar-refractivity contribution < 1.29 is 0 Å². The Morgan fingerprint density at radius 2 is 1.69 bits per heavy atom. The molecule has 0 aliphatic carbocycles. The van der Waals surface area contributed by atoms with Crippen molar-refractivity contribution in [3.8, 4) is 11.4 Å². The van der Waals surface area contributed by atoms with Crippen LogP contribution in [-0.2, 0) is 6.54 Å². The van der Waals surface area contributed by atoms with E-state index in [-0.39, 0.29) is 0 Å². The summed E-state index contributed by atoms with van der Waals surface area (Å²) in [5.74, 6) is 0.851. The SMILES string of the molecule is Cc1ccc(Cn2c(-c3cccnc3Cl)nc3cc(C)c(C)cc32)cc1. The zero-order valence-corrected chi connectivity index (χ0v) is 15.9. The van der Waals surface area contributed by atoms with Gasteiger partial charge in [0, 0.05) is 12.7 Å². The van der Waals surface area contributed by atoms with E-state index in [1.54, 1.807) is 6.20 Å². The normalized spacial score (nSPS) is 11.2. The molecule has 0 fully saturated rings. The van der Waals surface area contributed by atoms with Gasteiger partial charge in [-0.3, -0.25) is 0 Å². The summed E-state index contributed by atoms with van der Waals surface area (Å²) in [6.07, 6.45) is 1.70. The Hall–Kier alpha value is -2.65. The fourth-order valence-electron chi connectivity index (χ4n) is 3.17. The number of fused-ring (bicyclic) bond motifs is 1. The van der Waals surface area contributed by atoms with Crippen LogP contribution in [0.5, 0.6) is 0 Å². The number of rotatable bonds is 3. The third kappa shape index (κ3) is 2.99. The van der Waals surface area contributed by atoms with Crippen molar-refractivity contribution in [3.63, 3.8) is 0 Å². The second kappa shape index (κ2) is 6.58. The number of pyridine rings is 1. The predicted molar refractivity (Wildman–Crippen MR) is 108 cm³/mol. The van der Waals surface area contributed by atoms with Crippen LogP contribution < -0.4 is 0 Å². The highest BCUT2D eigenvalue weighted by atomic mass is 35.5. The molecule has 130 valence electrons. The third-order valence-electron chi connectivity index (χ3n) is 4.82. The Bertz CT molecular complexity index is 1090. The monoisotopic (exact) mass is 361 g/mol. The van der Waals surface area contributed by atoms with Crippen molar-refractivity contribution in [2.24, 2.45) is 0 Å². The number of aromatic nitrogens is 3. The Labute approximate surface area is 158 Å². The standard InChI is InChI=1S/C22H20ClN3/c1-14-6-8-17(9-7-14)13-26-20-12-16(3)15(2)11-19(20)25-22(26)18-5-4-10-24-21(18)23/h4-12H,13H2,1-3H3. The highest BCUT2D eigenvalue weighted by Crippen LogP contribution is 2.31. The van der Waals surface area contributed by atoms with Gasteiger partial charge in [-0.25, -0.2) is 9.97 Å². The van der Waals surface area contributed by atoms with Gasteiger partial charge in [0.15, 0.2) is 0 Å². The molecule has 0 aliphatic rings. The zero-order chi connectivity index (χ0) is 18.3. The Kier molecular flexibility index (Phi) is 4.25. The average molecular weight is 362 g/mol. The maximum atomic E-state index is 6.38. The van der Waals surface area contributed by atoms with Crippen molar-refractivity contribution in [1.29, 1.82) is 0 Å². The lowest BCUT2D eigenvalue weighted by Crippen LogP contribution is -2.03. The molecule has 0 radical (unpaired) electrons. The van der Waals surface area contributed by atoms with Crippen LogP contribution >= 0.6 is 11.6 Å². The molecule has 0 unspecified atom stereocenters. The van der Waals surface area contributed by atoms with Gasteiger partial charge in [-0.15, -0.1) is 0 Å². The van der Waals surface area contributed by atoms with Gasteiger partial charge in [0.25, 0.3) is 0 Å². The molecule has 0 atom stereocenters. The first kappa shape index (κ1) is 16.8. The second-order valence-electron chi connectivity index (χ2n) is 6.77. The first-order valence-corrected chi connectivity index (χ1v) is 9.04. The van der Waals surface area contributed by atoms with E-state index in [9.17, 15) is 0 Å². The lowest BCUT2D eigenvalue weighted by atomic mass is 10.1. The largest absolute Gasteiger partial charge is 0.319 e. The highest BCUT2D eigenvalue weighted by molar-refractivity contribution is 6.32. The summed E-state index contributed by atoms with van der Waals surface area (Å²) in [4.78, 5) is 9.13. The molecule has 4 rings (SSSR count). The Balaban J connectivity index is 1.95. The molecule has 2 aromatic heterocycles. The molecule has 0 spiro atoms. The minimum Gasteiger partial charge on any atom is -0.319 e. The van der Waals surface area contributed by atoms with Gasteiger partial charge in [-0.05, 0) is 61.7 Å². The van der Waals surface area contributed by atoms with Crippen molar-refractivity contribution in [3.05, 3.63) is 82.1 Å². The summed E-state index contributed by atoms with van der Waals surface area (Å²) in [5, 5.41) is 0.474. The van der Waals surface area contributed by atoms with Crippen molar-refractivity contribution in [2.45, 2.75) is 27.3 Å². The van der Waals surface area contributed by atoms with E-state index < -0.39 is 0 Å². The van der Waals surface area contributed by atoms with Gasteiger partial charge in [0.2, 0.25) is 0 Å². The molecule has 0 amide bonds. The summed E-state index contributed by atoms with van der Waals surface area (Å²) >= 11 is 6.38. The molecule has 0 N–H and O–H groups in total. The molecule has 2 heterocycles. The zero-order valence-electron chi connectivity index (χ0n) is 15.1. The fraction of sp³-hybridized carbons (Fsp3) is 0.182. The van der Waals surface area contributed by atoms with Crippen molar-refractivity contribution in [1.82, 2.24) is 14.5 Å². The van der Waals surface area contributed by atoms with Crippen LogP contribution in [-0.4, -0.2) is 14.5 Å². The Morgan fingerprint density at radius 3 is 2.42 bits per heavy atom. The molecule has 4 aromatic rings. The molecule has 3 nitrogen and oxygen atoms in total. The average Bonchev–Trinajstić information content (AvgIpc) is 2.95. The lowest BCUT2D eigenvalue weighted by molar-refractivity contribution is 0.833. The summed E-state index contributed by atoms with van der Waals surface area (Å²) in [6.45, 7) is 7.09. The van der Waals surface area contributed by atoms with Crippen LogP contribution in [0.1, 0.15) is 22.3 Å². The first-order chi connectivity index (χ1) is 12.5. The molecule has 0 saturated heterocycles. The first-order valence-electron chi connectivity index (χ1n) is 8.67. The molecule has 0 aliphatic heterocycles. The van der Waals surface area contributed by atoms with Gasteiger partial charge in [-0.2, -0.15) is 0 Å². The van der Waals surface area contributed by atoms with Gasteiger partial charge in [0.05, 0.1) is 16.6 Å². The molecular formula is C22H20ClN3. The van der Waals surface area contributed by atoms with Gasteiger partial charge >= 0.3 is 0 Å². The maximum Gasteiger partial charge on any atom is 0.144 e. The highest BCUT2D eigenvalue weighted by Gasteiger charge is 2.16. The number of hydrogen-bond acceptors (Lipinski definition) is 2. The van der Waals surface area contributed by atoms with Gasteiger partial charge in [-0.1, -0.05) is 41.4 Å². The second-order valence-corrected chi connectivity index (χ2v) is 7.13. The van der Waals surface area contributed by atoms with Crippen molar-refractivity contribution in [2.75, 3.05) is 0 Å². The van der Waals surface area contributed by atoms with Crippen molar-refractivity contribution >= 4 is 22.6 Å². The lowest BCUT2D eigenvalue weighted by Gasteiger charge is -2.11. The van der Waals surface area contributed by atoms with Crippen LogP contribution in [0.2, 0.25) is 5.15 Å². The number of nitrogens with zero attached hydrogens (tertiary/aromatic N) is 3. The van der Waals surface area contributed by atoms with E-state index in [2.05, 4.69) is 66.7 Å². The molecule has 26 heavy (non-hydrogen) atoms. The number of imidazole rings is 1. The van der Waals surface area contributed by atoms with Gasteiger partial charge < -0.3 is 4.57 Å².